The maximum Gasteiger partial charge on any atom is 0.244 e. The monoisotopic (exact) mass is 494 g/mol. The normalized spacial score (nSPS) is 15.7. The van der Waals surface area contributed by atoms with Crippen LogP contribution in [0.3, 0.4) is 0 Å². The molecule has 0 unspecified atom stereocenters. The van der Waals surface area contributed by atoms with Gasteiger partial charge in [-0.1, -0.05) is 26.0 Å². The molecule has 0 atom stereocenters. The standard InChI is InChI=1S/C28H35FN4O3/c1-20(2)17-27(35)32-15-13-31(14-16-32)25-11-9-24(10-12-25)30-26(34)19-33(28(36)22-5-6-22)18-21-3-7-23(29)8-4-21/h3-4,7-12,20,22H,5-6,13-19H2,1-2H3,(H,30,34). The number of amides is 3. The second-order valence-corrected chi connectivity index (χ2v) is 10.2. The molecule has 1 aliphatic heterocycles. The van der Waals surface area contributed by atoms with Crippen molar-refractivity contribution in [3.8, 4) is 0 Å². The second-order valence-electron chi connectivity index (χ2n) is 10.2. The van der Waals surface area contributed by atoms with Crippen LogP contribution in [0.25, 0.3) is 0 Å². The molecule has 0 radical (unpaired) electrons. The summed E-state index contributed by atoms with van der Waals surface area (Å²) >= 11 is 0. The molecule has 0 bridgehead atoms. The minimum absolute atomic E-state index is 0.0151. The van der Waals surface area contributed by atoms with Gasteiger partial charge < -0.3 is 20.0 Å². The van der Waals surface area contributed by atoms with E-state index >= 15 is 0 Å². The molecule has 36 heavy (non-hydrogen) atoms. The van der Waals surface area contributed by atoms with Crippen LogP contribution >= 0.6 is 0 Å². The lowest BCUT2D eigenvalue weighted by Crippen LogP contribution is -2.49. The quantitative estimate of drug-likeness (QED) is 0.574. The van der Waals surface area contributed by atoms with Gasteiger partial charge in [0.1, 0.15) is 12.4 Å². The lowest BCUT2D eigenvalue weighted by molar-refractivity contribution is -0.136. The van der Waals surface area contributed by atoms with Crippen molar-refractivity contribution in [2.45, 2.75) is 39.7 Å². The fourth-order valence-corrected chi connectivity index (χ4v) is 4.43. The Morgan fingerprint density at radius 1 is 0.972 bits per heavy atom. The summed E-state index contributed by atoms with van der Waals surface area (Å²) in [6.07, 6.45) is 2.28. The summed E-state index contributed by atoms with van der Waals surface area (Å²) < 4.78 is 13.2. The van der Waals surface area contributed by atoms with E-state index in [1.54, 1.807) is 17.0 Å². The van der Waals surface area contributed by atoms with Crippen LogP contribution in [0.5, 0.6) is 0 Å². The molecule has 1 saturated carbocycles. The van der Waals surface area contributed by atoms with Crippen molar-refractivity contribution in [2.24, 2.45) is 11.8 Å². The molecule has 2 aromatic rings. The van der Waals surface area contributed by atoms with E-state index in [1.165, 1.54) is 12.1 Å². The number of piperazine rings is 1. The third kappa shape index (κ3) is 7.06. The van der Waals surface area contributed by atoms with Gasteiger partial charge in [-0.2, -0.15) is 0 Å². The Morgan fingerprint density at radius 2 is 1.61 bits per heavy atom. The minimum atomic E-state index is -0.332. The lowest BCUT2D eigenvalue weighted by atomic mass is 10.1. The van der Waals surface area contributed by atoms with Crippen LogP contribution in [0.1, 0.15) is 38.7 Å². The Bertz CT molecular complexity index is 1060. The molecule has 3 amide bonds. The van der Waals surface area contributed by atoms with Gasteiger partial charge in [0, 0.05) is 56.4 Å². The van der Waals surface area contributed by atoms with E-state index in [2.05, 4.69) is 24.1 Å². The second kappa shape index (κ2) is 11.5. The van der Waals surface area contributed by atoms with Gasteiger partial charge in [0.05, 0.1) is 0 Å². The van der Waals surface area contributed by atoms with E-state index in [-0.39, 0.29) is 42.5 Å². The first-order valence-corrected chi connectivity index (χ1v) is 12.7. The molecule has 1 aliphatic carbocycles. The predicted molar refractivity (Wildman–Crippen MR) is 138 cm³/mol. The highest BCUT2D eigenvalue weighted by Crippen LogP contribution is 2.31. The molecule has 2 fully saturated rings. The van der Waals surface area contributed by atoms with Gasteiger partial charge in [-0.15, -0.1) is 0 Å². The maximum absolute atomic E-state index is 13.2. The van der Waals surface area contributed by atoms with E-state index < -0.39 is 0 Å². The summed E-state index contributed by atoms with van der Waals surface area (Å²) in [5.41, 5.74) is 2.49. The molecule has 0 spiro atoms. The Morgan fingerprint density at radius 3 is 2.19 bits per heavy atom. The highest BCUT2D eigenvalue weighted by atomic mass is 19.1. The first kappa shape index (κ1) is 25.7. The number of hydrogen-bond donors (Lipinski definition) is 1. The van der Waals surface area contributed by atoms with Crippen LogP contribution in [0.2, 0.25) is 0 Å². The fraction of sp³-hybridized carbons (Fsp3) is 0.464. The molecule has 192 valence electrons. The molecular formula is C28H35FN4O3. The van der Waals surface area contributed by atoms with Gasteiger partial charge in [0.2, 0.25) is 17.7 Å². The van der Waals surface area contributed by atoms with Gasteiger partial charge >= 0.3 is 0 Å². The van der Waals surface area contributed by atoms with Crippen LogP contribution in [0, 0.1) is 17.7 Å². The van der Waals surface area contributed by atoms with Crippen LogP contribution in [-0.2, 0) is 20.9 Å². The molecular weight excluding hydrogens is 459 g/mol. The van der Waals surface area contributed by atoms with Crippen molar-refractivity contribution >= 4 is 29.1 Å². The Labute approximate surface area is 212 Å². The molecule has 4 rings (SSSR count). The number of hydrogen-bond acceptors (Lipinski definition) is 4. The summed E-state index contributed by atoms with van der Waals surface area (Å²) in [6.45, 7) is 7.31. The van der Waals surface area contributed by atoms with E-state index in [4.69, 9.17) is 0 Å². The molecule has 1 N–H and O–H groups in total. The van der Waals surface area contributed by atoms with Gasteiger partial charge in [0.15, 0.2) is 0 Å². The van der Waals surface area contributed by atoms with E-state index in [0.717, 1.165) is 37.2 Å². The van der Waals surface area contributed by atoms with Crippen molar-refractivity contribution in [3.63, 3.8) is 0 Å². The van der Waals surface area contributed by atoms with E-state index in [1.807, 2.05) is 29.2 Å². The van der Waals surface area contributed by atoms with Crippen LogP contribution in [0.4, 0.5) is 15.8 Å². The highest BCUT2D eigenvalue weighted by molar-refractivity contribution is 5.95. The zero-order valence-corrected chi connectivity index (χ0v) is 21.1. The van der Waals surface area contributed by atoms with Crippen molar-refractivity contribution in [1.82, 2.24) is 9.80 Å². The van der Waals surface area contributed by atoms with E-state index in [9.17, 15) is 18.8 Å². The third-order valence-corrected chi connectivity index (χ3v) is 6.59. The molecule has 2 aromatic carbocycles. The van der Waals surface area contributed by atoms with Gasteiger partial charge in [0.25, 0.3) is 0 Å². The number of rotatable bonds is 9. The van der Waals surface area contributed by atoms with Gasteiger partial charge in [-0.25, -0.2) is 4.39 Å². The highest BCUT2D eigenvalue weighted by Gasteiger charge is 2.34. The molecule has 0 aromatic heterocycles. The molecule has 1 heterocycles. The first-order chi connectivity index (χ1) is 17.3. The summed E-state index contributed by atoms with van der Waals surface area (Å²) in [4.78, 5) is 43.5. The predicted octanol–water partition coefficient (Wildman–Crippen LogP) is 3.90. The fourth-order valence-electron chi connectivity index (χ4n) is 4.43. The lowest BCUT2D eigenvalue weighted by Gasteiger charge is -2.36. The number of carbonyl (C=O) groups excluding carboxylic acids is 3. The SMILES string of the molecule is CC(C)CC(=O)N1CCN(c2ccc(NC(=O)CN(Cc3ccc(F)cc3)C(=O)C3CC3)cc2)CC1. The first-order valence-electron chi connectivity index (χ1n) is 12.7. The molecule has 2 aliphatic rings. The minimum Gasteiger partial charge on any atom is -0.368 e. The van der Waals surface area contributed by atoms with Crippen molar-refractivity contribution in [2.75, 3.05) is 42.9 Å². The number of nitrogens with one attached hydrogen (secondary N) is 1. The van der Waals surface area contributed by atoms with Crippen LogP contribution in [-0.4, -0.2) is 60.2 Å². The zero-order chi connectivity index (χ0) is 25.7. The smallest absolute Gasteiger partial charge is 0.244 e. The molecule has 8 heteroatoms. The summed E-state index contributed by atoms with van der Waals surface area (Å²) in [7, 11) is 0. The van der Waals surface area contributed by atoms with Gasteiger partial charge in [-0.05, 0) is 60.7 Å². The number of halogens is 1. The zero-order valence-electron chi connectivity index (χ0n) is 21.1. The summed E-state index contributed by atoms with van der Waals surface area (Å²) in [5, 5.41) is 2.89. The molecule has 1 saturated heterocycles. The Balaban J connectivity index is 1.30. The summed E-state index contributed by atoms with van der Waals surface area (Å²) in [5.74, 6) is -0.0661. The third-order valence-electron chi connectivity index (χ3n) is 6.59. The number of carbonyl (C=O) groups is 3. The van der Waals surface area contributed by atoms with Crippen LogP contribution in [0.15, 0.2) is 48.5 Å². The van der Waals surface area contributed by atoms with Crippen molar-refractivity contribution in [1.29, 1.82) is 0 Å². The topological polar surface area (TPSA) is 73.0 Å². The average Bonchev–Trinajstić information content (AvgIpc) is 3.70. The van der Waals surface area contributed by atoms with E-state index in [0.29, 0.717) is 31.1 Å². The Kier molecular flexibility index (Phi) is 8.23. The van der Waals surface area contributed by atoms with Crippen molar-refractivity contribution < 1.29 is 18.8 Å². The molecule has 7 nitrogen and oxygen atoms in total. The maximum atomic E-state index is 13.2. The van der Waals surface area contributed by atoms with Gasteiger partial charge in [-0.3, -0.25) is 14.4 Å². The number of nitrogens with zero attached hydrogens (tertiary/aromatic N) is 3. The van der Waals surface area contributed by atoms with Crippen LogP contribution < -0.4 is 10.2 Å². The summed E-state index contributed by atoms with van der Waals surface area (Å²) in [6, 6.07) is 13.6. The number of benzene rings is 2. The average molecular weight is 495 g/mol. The van der Waals surface area contributed by atoms with Crippen molar-refractivity contribution in [3.05, 3.63) is 59.9 Å². The number of anilines is 2. The largest absolute Gasteiger partial charge is 0.368 e. The Hall–Kier alpha value is -3.42.